The van der Waals surface area contributed by atoms with Gasteiger partial charge in [0.2, 0.25) is 10.0 Å². The minimum Gasteiger partial charge on any atom is -0.316 e. The first-order valence-electron chi connectivity index (χ1n) is 6.89. The molecule has 0 aromatic heterocycles. The molecule has 0 radical (unpaired) electrons. The van der Waals surface area contributed by atoms with Gasteiger partial charge in [0, 0.05) is 19.2 Å². The Morgan fingerprint density at radius 1 is 1.00 bits per heavy atom. The SMILES string of the molecule is CNCc1ccc(CNS(=O)(=O)c2ccccc2[N+](=O)[O-])cc1. The number of benzene rings is 2. The van der Waals surface area contributed by atoms with Gasteiger partial charge in [-0.3, -0.25) is 10.1 Å². The quantitative estimate of drug-likeness (QED) is 0.593. The van der Waals surface area contributed by atoms with Crippen LogP contribution in [0, 0.1) is 10.1 Å². The standard InChI is InChI=1S/C15H17N3O4S/c1-16-10-12-6-8-13(9-7-12)11-17-23(21,22)15-5-3-2-4-14(15)18(19)20/h2-9,16-17H,10-11H2,1H3. The maximum atomic E-state index is 12.3. The molecule has 23 heavy (non-hydrogen) atoms. The predicted octanol–water partition coefficient (Wildman–Crippen LogP) is 1.79. The maximum absolute atomic E-state index is 12.3. The molecule has 0 spiro atoms. The number of nitrogens with one attached hydrogen (secondary N) is 2. The summed E-state index contributed by atoms with van der Waals surface area (Å²) in [7, 11) is -2.12. The maximum Gasteiger partial charge on any atom is 0.289 e. The van der Waals surface area contributed by atoms with Crippen LogP contribution in [-0.2, 0) is 23.1 Å². The molecule has 2 rings (SSSR count). The Morgan fingerprint density at radius 2 is 1.57 bits per heavy atom. The highest BCUT2D eigenvalue weighted by atomic mass is 32.2. The van der Waals surface area contributed by atoms with E-state index in [1.54, 1.807) is 0 Å². The third kappa shape index (κ3) is 4.35. The molecule has 0 aliphatic heterocycles. The second kappa shape index (κ2) is 7.32. The van der Waals surface area contributed by atoms with Crippen molar-refractivity contribution in [2.24, 2.45) is 0 Å². The fraction of sp³-hybridized carbons (Fsp3) is 0.200. The number of hydrogen-bond donors (Lipinski definition) is 2. The van der Waals surface area contributed by atoms with Crippen LogP contribution in [-0.4, -0.2) is 20.4 Å². The average Bonchev–Trinajstić information content (AvgIpc) is 2.54. The number of nitro benzene ring substituents is 1. The molecule has 122 valence electrons. The van der Waals surface area contributed by atoms with Crippen LogP contribution in [0.5, 0.6) is 0 Å². The van der Waals surface area contributed by atoms with E-state index in [1.165, 1.54) is 24.3 Å². The number of para-hydroxylation sites is 1. The second-order valence-corrected chi connectivity index (χ2v) is 6.63. The van der Waals surface area contributed by atoms with Crippen LogP contribution in [0.2, 0.25) is 0 Å². The molecular weight excluding hydrogens is 318 g/mol. The number of nitro groups is 1. The largest absolute Gasteiger partial charge is 0.316 e. The first-order valence-corrected chi connectivity index (χ1v) is 8.38. The third-order valence-corrected chi connectivity index (χ3v) is 4.67. The highest BCUT2D eigenvalue weighted by Gasteiger charge is 2.24. The van der Waals surface area contributed by atoms with Crippen molar-refractivity contribution in [3.8, 4) is 0 Å². The molecule has 0 heterocycles. The fourth-order valence-corrected chi connectivity index (χ4v) is 3.26. The van der Waals surface area contributed by atoms with Gasteiger partial charge in [-0.05, 0) is 24.2 Å². The van der Waals surface area contributed by atoms with E-state index >= 15 is 0 Å². The van der Waals surface area contributed by atoms with E-state index in [9.17, 15) is 18.5 Å². The van der Waals surface area contributed by atoms with Crippen molar-refractivity contribution >= 4 is 15.7 Å². The molecule has 0 aliphatic carbocycles. The van der Waals surface area contributed by atoms with E-state index in [1.807, 2.05) is 31.3 Å². The molecule has 2 N–H and O–H groups in total. The minimum absolute atomic E-state index is 0.0637. The first kappa shape index (κ1) is 17.1. The molecule has 2 aromatic rings. The molecule has 0 bridgehead atoms. The van der Waals surface area contributed by atoms with Gasteiger partial charge in [0.15, 0.2) is 4.90 Å². The second-order valence-electron chi connectivity index (χ2n) is 4.90. The summed E-state index contributed by atoms with van der Waals surface area (Å²) >= 11 is 0. The molecular formula is C15H17N3O4S. The number of hydrogen-bond acceptors (Lipinski definition) is 5. The van der Waals surface area contributed by atoms with Crippen LogP contribution in [0.1, 0.15) is 11.1 Å². The zero-order chi connectivity index (χ0) is 16.9. The van der Waals surface area contributed by atoms with Gasteiger partial charge in [0.25, 0.3) is 5.69 Å². The highest BCUT2D eigenvalue weighted by molar-refractivity contribution is 7.89. The molecule has 8 heteroatoms. The van der Waals surface area contributed by atoms with Gasteiger partial charge in [-0.15, -0.1) is 0 Å². The third-order valence-electron chi connectivity index (χ3n) is 3.22. The average molecular weight is 335 g/mol. The lowest BCUT2D eigenvalue weighted by molar-refractivity contribution is -0.387. The molecule has 0 unspecified atom stereocenters. The lowest BCUT2D eigenvalue weighted by atomic mass is 10.1. The summed E-state index contributed by atoms with van der Waals surface area (Å²) in [4.78, 5) is 9.91. The van der Waals surface area contributed by atoms with Crippen LogP contribution in [0.3, 0.4) is 0 Å². The lowest BCUT2D eigenvalue weighted by Crippen LogP contribution is -2.24. The van der Waals surface area contributed by atoms with Gasteiger partial charge in [-0.2, -0.15) is 0 Å². The smallest absolute Gasteiger partial charge is 0.289 e. The Labute approximate surface area is 134 Å². The molecule has 0 saturated carbocycles. The van der Waals surface area contributed by atoms with Crippen LogP contribution >= 0.6 is 0 Å². The summed E-state index contributed by atoms with van der Waals surface area (Å²) in [6.07, 6.45) is 0. The monoisotopic (exact) mass is 335 g/mol. The van der Waals surface area contributed by atoms with Gasteiger partial charge in [-0.25, -0.2) is 13.1 Å². The summed E-state index contributed by atoms with van der Waals surface area (Å²) in [6, 6.07) is 12.7. The number of nitrogens with zero attached hydrogens (tertiary/aromatic N) is 1. The number of rotatable bonds is 7. The van der Waals surface area contributed by atoms with E-state index in [4.69, 9.17) is 0 Å². The van der Waals surface area contributed by atoms with E-state index in [0.717, 1.165) is 17.7 Å². The summed E-state index contributed by atoms with van der Waals surface area (Å²) in [5, 5.41) is 14.0. The van der Waals surface area contributed by atoms with Crippen molar-refractivity contribution in [2.75, 3.05) is 7.05 Å². The molecule has 2 aromatic carbocycles. The van der Waals surface area contributed by atoms with Crippen LogP contribution in [0.4, 0.5) is 5.69 Å². The lowest BCUT2D eigenvalue weighted by Gasteiger charge is -2.08. The number of sulfonamides is 1. The zero-order valence-electron chi connectivity index (χ0n) is 12.5. The van der Waals surface area contributed by atoms with E-state index in [-0.39, 0.29) is 11.4 Å². The first-order chi connectivity index (χ1) is 10.9. The molecule has 0 amide bonds. The summed E-state index contributed by atoms with van der Waals surface area (Å²) < 4.78 is 26.9. The molecule has 0 atom stereocenters. The summed E-state index contributed by atoms with van der Waals surface area (Å²) in [6.45, 7) is 0.788. The van der Waals surface area contributed by atoms with Crippen LogP contribution in [0.15, 0.2) is 53.4 Å². The van der Waals surface area contributed by atoms with Crippen molar-refractivity contribution in [1.82, 2.24) is 10.0 Å². The van der Waals surface area contributed by atoms with Gasteiger partial charge < -0.3 is 5.32 Å². The van der Waals surface area contributed by atoms with Crippen molar-refractivity contribution < 1.29 is 13.3 Å². The van der Waals surface area contributed by atoms with Gasteiger partial charge in [-0.1, -0.05) is 36.4 Å². The topological polar surface area (TPSA) is 101 Å². The molecule has 0 fully saturated rings. The van der Waals surface area contributed by atoms with Crippen molar-refractivity contribution in [1.29, 1.82) is 0 Å². The Balaban J connectivity index is 2.14. The van der Waals surface area contributed by atoms with Crippen molar-refractivity contribution in [2.45, 2.75) is 18.0 Å². The van der Waals surface area contributed by atoms with Crippen molar-refractivity contribution in [3.63, 3.8) is 0 Å². The van der Waals surface area contributed by atoms with Crippen LogP contribution in [0.25, 0.3) is 0 Å². The van der Waals surface area contributed by atoms with Gasteiger partial charge in [0.1, 0.15) is 0 Å². The van der Waals surface area contributed by atoms with E-state index in [0.29, 0.717) is 0 Å². The van der Waals surface area contributed by atoms with E-state index < -0.39 is 20.6 Å². The Bertz CT molecular complexity index is 789. The van der Waals surface area contributed by atoms with Crippen molar-refractivity contribution in [3.05, 3.63) is 69.8 Å². The van der Waals surface area contributed by atoms with Crippen LogP contribution < -0.4 is 10.0 Å². The summed E-state index contributed by atoms with van der Waals surface area (Å²) in [5.74, 6) is 0. The fourth-order valence-electron chi connectivity index (χ4n) is 2.07. The molecule has 0 saturated heterocycles. The minimum atomic E-state index is -3.96. The predicted molar refractivity (Wildman–Crippen MR) is 86.3 cm³/mol. The Morgan fingerprint density at radius 3 is 2.13 bits per heavy atom. The van der Waals surface area contributed by atoms with E-state index in [2.05, 4.69) is 10.0 Å². The van der Waals surface area contributed by atoms with Gasteiger partial charge >= 0.3 is 0 Å². The Hall–Kier alpha value is -2.29. The zero-order valence-corrected chi connectivity index (χ0v) is 13.3. The molecule has 7 nitrogen and oxygen atoms in total. The molecule has 0 aliphatic rings. The van der Waals surface area contributed by atoms with Gasteiger partial charge in [0.05, 0.1) is 4.92 Å². The summed E-state index contributed by atoms with van der Waals surface area (Å²) in [5.41, 5.74) is 1.41. The normalized spacial score (nSPS) is 11.3. The highest BCUT2D eigenvalue weighted by Crippen LogP contribution is 2.22. The Kier molecular flexibility index (Phi) is 5.43.